The minimum atomic E-state index is 0.641. The molecule has 19 heavy (non-hydrogen) atoms. The number of rotatable bonds is 4. The van der Waals surface area contributed by atoms with E-state index in [1.54, 1.807) is 6.21 Å². The quantitative estimate of drug-likeness (QED) is 0.604. The second-order valence-corrected chi connectivity index (χ2v) is 5.11. The fourth-order valence-electron chi connectivity index (χ4n) is 1.46. The van der Waals surface area contributed by atoms with E-state index < -0.39 is 0 Å². The largest absolute Gasteiger partial charge is 0.277 e. The number of hydrazone groups is 1. The van der Waals surface area contributed by atoms with Crippen LogP contribution in [-0.2, 0) is 0 Å². The van der Waals surface area contributed by atoms with Crippen molar-refractivity contribution in [3.8, 4) is 0 Å². The minimum Gasteiger partial charge on any atom is -0.277 e. The molecular formula is C15H12BrClN2. The number of anilines is 1. The van der Waals surface area contributed by atoms with Crippen LogP contribution in [0.5, 0.6) is 0 Å². The lowest BCUT2D eigenvalue weighted by Crippen LogP contribution is -1.89. The molecule has 0 aliphatic carbocycles. The summed E-state index contributed by atoms with van der Waals surface area (Å²) >= 11 is 9.45. The summed E-state index contributed by atoms with van der Waals surface area (Å²) in [5, 5.41) is 4.77. The van der Waals surface area contributed by atoms with Gasteiger partial charge in [0.15, 0.2) is 0 Å². The Morgan fingerprint density at radius 3 is 2.47 bits per heavy atom. The fraction of sp³-hybridized carbons (Fsp3) is 0. The molecule has 4 heteroatoms. The van der Waals surface area contributed by atoms with Gasteiger partial charge in [-0.1, -0.05) is 54.1 Å². The highest BCUT2D eigenvalue weighted by atomic mass is 79.9. The monoisotopic (exact) mass is 334 g/mol. The van der Waals surface area contributed by atoms with Crippen molar-refractivity contribution in [2.75, 3.05) is 5.43 Å². The number of halogens is 2. The summed E-state index contributed by atoms with van der Waals surface area (Å²) in [7, 11) is 0. The van der Waals surface area contributed by atoms with E-state index in [1.807, 2.05) is 60.7 Å². The molecule has 1 N–H and O–H groups in total. The van der Waals surface area contributed by atoms with Gasteiger partial charge in [-0.3, -0.25) is 5.43 Å². The molecule has 0 bridgehead atoms. The maximum Gasteiger partial charge on any atom is 0.0748 e. The molecule has 0 atom stereocenters. The number of nitrogens with zero attached hydrogens (tertiary/aromatic N) is 1. The maximum atomic E-state index is 6.01. The van der Waals surface area contributed by atoms with Gasteiger partial charge in [-0.2, -0.15) is 5.10 Å². The van der Waals surface area contributed by atoms with Crippen LogP contribution in [0.2, 0.25) is 5.02 Å². The van der Waals surface area contributed by atoms with Gasteiger partial charge in [0.1, 0.15) is 0 Å². The Hall–Kier alpha value is -1.58. The van der Waals surface area contributed by atoms with Crippen molar-refractivity contribution in [1.82, 2.24) is 0 Å². The summed E-state index contributed by atoms with van der Waals surface area (Å²) in [5.41, 5.74) is 4.78. The zero-order valence-electron chi connectivity index (χ0n) is 10.1. The van der Waals surface area contributed by atoms with E-state index in [4.69, 9.17) is 11.6 Å². The van der Waals surface area contributed by atoms with Crippen LogP contribution < -0.4 is 5.43 Å². The Balaban J connectivity index is 2.00. The lowest BCUT2D eigenvalue weighted by Gasteiger charge is -2.01. The molecule has 0 saturated carbocycles. The summed E-state index contributed by atoms with van der Waals surface area (Å²) in [4.78, 5) is 0. The Kier molecular flexibility index (Phi) is 5.19. The Labute approximate surface area is 125 Å². The van der Waals surface area contributed by atoms with Crippen LogP contribution in [0.25, 0.3) is 6.08 Å². The van der Waals surface area contributed by atoms with Gasteiger partial charge in [0.05, 0.1) is 16.9 Å². The van der Waals surface area contributed by atoms with E-state index in [9.17, 15) is 0 Å². The summed E-state index contributed by atoms with van der Waals surface area (Å²) in [6, 6.07) is 17.5. The van der Waals surface area contributed by atoms with Crippen LogP contribution in [0, 0.1) is 0 Å². The molecule has 2 aromatic rings. The first-order chi connectivity index (χ1) is 9.25. The number of para-hydroxylation sites is 1. The second-order valence-electron chi connectivity index (χ2n) is 3.79. The highest BCUT2D eigenvalue weighted by Gasteiger charge is 1.95. The topological polar surface area (TPSA) is 24.4 Å². The van der Waals surface area contributed by atoms with Gasteiger partial charge in [0, 0.05) is 4.48 Å². The van der Waals surface area contributed by atoms with Gasteiger partial charge in [0.2, 0.25) is 0 Å². The SMILES string of the molecule is Clc1ccccc1N/N=C\C(Br)=C\c1ccccc1. The van der Waals surface area contributed by atoms with Crippen LogP contribution >= 0.6 is 27.5 Å². The standard InChI is InChI=1S/C15H12BrClN2/c16-13(10-12-6-2-1-3-7-12)11-18-19-15-9-5-4-8-14(15)17/h1-11,19H/b13-10-,18-11-. The highest BCUT2D eigenvalue weighted by Crippen LogP contribution is 2.20. The summed E-state index contributed by atoms with van der Waals surface area (Å²) < 4.78 is 0.873. The van der Waals surface area contributed by atoms with Crippen molar-refractivity contribution in [2.24, 2.45) is 5.10 Å². The first-order valence-electron chi connectivity index (χ1n) is 5.71. The van der Waals surface area contributed by atoms with Gasteiger partial charge < -0.3 is 0 Å². The molecule has 2 nitrogen and oxygen atoms in total. The number of benzene rings is 2. The molecule has 0 aliphatic heterocycles. The van der Waals surface area contributed by atoms with Gasteiger partial charge >= 0.3 is 0 Å². The Morgan fingerprint density at radius 1 is 1.05 bits per heavy atom. The van der Waals surface area contributed by atoms with Crippen molar-refractivity contribution in [3.63, 3.8) is 0 Å². The van der Waals surface area contributed by atoms with Crippen molar-refractivity contribution in [1.29, 1.82) is 0 Å². The van der Waals surface area contributed by atoms with Crippen LogP contribution in [-0.4, -0.2) is 6.21 Å². The molecule has 0 radical (unpaired) electrons. The number of nitrogens with one attached hydrogen (secondary N) is 1. The summed E-state index contributed by atoms with van der Waals surface area (Å²) in [6.07, 6.45) is 3.67. The van der Waals surface area contributed by atoms with E-state index in [0.717, 1.165) is 15.7 Å². The van der Waals surface area contributed by atoms with Crippen LogP contribution in [0.3, 0.4) is 0 Å². The normalized spacial score (nSPS) is 11.8. The molecule has 0 heterocycles. The molecule has 2 aromatic carbocycles. The predicted molar refractivity (Wildman–Crippen MR) is 86.9 cm³/mol. The van der Waals surface area contributed by atoms with Crippen molar-refractivity contribution >= 4 is 45.5 Å². The van der Waals surface area contributed by atoms with Crippen LogP contribution in [0.1, 0.15) is 5.56 Å². The molecule has 0 saturated heterocycles. The lowest BCUT2D eigenvalue weighted by molar-refractivity contribution is 1.35. The number of allylic oxidation sites excluding steroid dienone is 1. The Morgan fingerprint density at radius 2 is 1.74 bits per heavy atom. The fourth-order valence-corrected chi connectivity index (χ4v) is 2.01. The van der Waals surface area contributed by atoms with Gasteiger partial charge in [-0.05, 0) is 39.7 Å². The molecule has 96 valence electrons. The molecule has 0 fully saturated rings. The molecular weight excluding hydrogens is 324 g/mol. The zero-order valence-corrected chi connectivity index (χ0v) is 12.4. The maximum absolute atomic E-state index is 6.01. The number of hydrogen-bond acceptors (Lipinski definition) is 2. The molecule has 0 aliphatic rings. The van der Waals surface area contributed by atoms with Crippen molar-refractivity contribution < 1.29 is 0 Å². The van der Waals surface area contributed by atoms with E-state index in [1.165, 1.54) is 0 Å². The van der Waals surface area contributed by atoms with Gasteiger partial charge in [0.25, 0.3) is 0 Å². The second kappa shape index (κ2) is 7.12. The van der Waals surface area contributed by atoms with E-state index in [0.29, 0.717) is 5.02 Å². The van der Waals surface area contributed by atoms with Crippen LogP contribution in [0.4, 0.5) is 5.69 Å². The van der Waals surface area contributed by atoms with Gasteiger partial charge in [-0.15, -0.1) is 0 Å². The minimum absolute atomic E-state index is 0.641. The zero-order chi connectivity index (χ0) is 13.5. The highest BCUT2D eigenvalue weighted by molar-refractivity contribution is 9.12. The lowest BCUT2D eigenvalue weighted by atomic mass is 10.2. The van der Waals surface area contributed by atoms with E-state index in [-0.39, 0.29) is 0 Å². The summed E-state index contributed by atoms with van der Waals surface area (Å²) in [6.45, 7) is 0. The van der Waals surface area contributed by atoms with E-state index >= 15 is 0 Å². The first kappa shape index (κ1) is 13.8. The summed E-state index contributed by atoms with van der Waals surface area (Å²) in [5.74, 6) is 0. The van der Waals surface area contributed by atoms with Crippen molar-refractivity contribution in [2.45, 2.75) is 0 Å². The molecule has 0 unspecified atom stereocenters. The molecule has 0 aromatic heterocycles. The van der Waals surface area contributed by atoms with E-state index in [2.05, 4.69) is 26.5 Å². The average Bonchev–Trinajstić information content (AvgIpc) is 2.42. The average molecular weight is 336 g/mol. The Bertz CT molecular complexity index is 594. The van der Waals surface area contributed by atoms with Crippen LogP contribution in [0.15, 0.2) is 64.2 Å². The first-order valence-corrected chi connectivity index (χ1v) is 6.88. The third-order valence-corrected chi connectivity index (χ3v) is 3.11. The van der Waals surface area contributed by atoms with Crippen molar-refractivity contribution in [3.05, 3.63) is 69.7 Å². The molecule has 0 amide bonds. The molecule has 0 spiro atoms. The van der Waals surface area contributed by atoms with Gasteiger partial charge in [-0.25, -0.2) is 0 Å². The third kappa shape index (κ3) is 4.54. The smallest absolute Gasteiger partial charge is 0.0748 e. The molecule has 2 rings (SSSR count). The third-order valence-electron chi connectivity index (χ3n) is 2.35. The number of hydrogen-bond donors (Lipinski definition) is 1. The predicted octanol–water partition coefficient (Wildman–Crippen LogP) is 5.17.